The van der Waals surface area contributed by atoms with Crippen LogP contribution < -0.4 is 14.8 Å². The van der Waals surface area contributed by atoms with Gasteiger partial charge in [0.2, 0.25) is 0 Å². The fourth-order valence-corrected chi connectivity index (χ4v) is 3.43. The zero-order valence-corrected chi connectivity index (χ0v) is 19.1. The van der Waals surface area contributed by atoms with E-state index in [0.717, 1.165) is 47.5 Å². The highest BCUT2D eigenvalue weighted by molar-refractivity contribution is 9.10. The van der Waals surface area contributed by atoms with Crippen molar-refractivity contribution in [3.63, 3.8) is 0 Å². The minimum absolute atomic E-state index is 0.281. The first-order valence-electron chi connectivity index (χ1n) is 9.65. The third-order valence-corrected chi connectivity index (χ3v) is 4.93. The van der Waals surface area contributed by atoms with Crippen LogP contribution in [0.5, 0.6) is 11.5 Å². The highest BCUT2D eigenvalue weighted by atomic mass is 79.9. The molecule has 0 aromatic heterocycles. The van der Waals surface area contributed by atoms with Gasteiger partial charge in [-0.3, -0.25) is 0 Å². The molecule has 2 rings (SSSR count). The lowest BCUT2D eigenvalue weighted by Gasteiger charge is -2.16. The van der Waals surface area contributed by atoms with Crippen molar-refractivity contribution in [1.29, 1.82) is 0 Å². The van der Waals surface area contributed by atoms with E-state index in [2.05, 4.69) is 41.2 Å². The van der Waals surface area contributed by atoms with Crippen LogP contribution in [-0.2, 0) is 17.9 Å². The summed E-state index contributed by atoms with van der Waals surface area (Å²) in [6, 6.07) is 11.8. The van der Waals surface area contributed by atoms with Gasteiger partial charge in [0.15, 0.2) is 11.5 Å². The fraction of sp³-hybridized carbons (Fsp3) is 0.455. The third kappa shape index (κ3) is 7.63. The maximum absolute atomic E-state index is 6.23. The van der Waals surface area contributed by atoms with Gasteiger partial charge in [-0.25, -0.2) is 0 Å². The lowest BCUT2D eigenvalue weighted by molar-refractivity contribution is 0.0770. The van der Waals surface area contributed by atoms with E-state index in [0.29, 0.717) is 24.0 Å². The predicted molar refractivity (Wildman–Crippen MR) is 119 cm³/mol. The summed E-state index contributed by atoms with van der Waals surface area (Å²) in [5.74, 6) is 1.42. The van der Waals surface area contributed by atoms with Gasteiger partial charge in [-0.05, 0) is 73.4 Å². The fourth-order valence-electron chi connectivity index (χ4n) is 2.64. The Morgan fingerprint density at radius 1 is 1.14 bits per heavy atom. The van der Waals surface area contributed by atoms with E-state index in [-0.39, 0.29) is 6.10 Å². The number of rotatable bonds is 12. The summed E-state index contributed by atoms with van der Waals surface area (Å²) in [4.78, 5) is 0. The highest BCUT2D eigenvalue weighted by Crippen LogP contribution is 2.37. The molecule has 0 aliphatic carbocycles. The number of hydrogen-bond acceptors (Lipinski definition) is 4. The number of halogens is 2. The van der Waals surface area contributed by atoms with E-state index in [1.165, 1.54) is 0 Å². The average molecular weight is 471 g/mol. The molecule has 0 atom stereocenters. The van der Waals surface area contributed by atoms with Crippen molar-refractivity contribution in [2.75, 3.05) is 19.8 Å². The molecule has 2 aromatic carbocycles. The molecule has 6 heteroatoms. The van der Waals surface area contributed by atoms with Crippen LogP contribution in [-0.4, -0.2) is 25.9 Å². The van der Waals surface area contributed by atoms with Crippen molar-refractivity contribution in [3.05, 3.63) is 57.0 Å². The van der Waals surface area contributed by atoms with Gasteiger partial charge < -0.3 is 19.5 Å². The van der Waals surface area contributed by atoms with Crippen LogP contribution in [0.4, 0.5) is 0 Å². The van der Waals surface area contributed by atoms with Crippen LogP contribution in [0.15, 0.2) is 40.9 Å². The van der Waals surface area contributed by atoms with Gasteiger partial charge in [0.25, 0.3) is 0 Å². The van der Waals surface area contributed by atoms with E-state index in [4.69, 9.17) is 25.8 Å². The molecule has 0 saturated heterocycles. The summed E-state index contributed by atoms with van der Waals surface area (Å²) in [7, 11) is 0. The first-order valence-corrected chi connectivity index (χ1v) is 10.8. The normalized spacial score (nSPS) is 11.1. The zero-order valence-electron chi connectivity index (χ0n) is 16.8. The monoisotopic (exact) mass is 469 g/mol. The van der Waals surface area contributed by atoms with Gasteiger partial charge in [-0.2, -0.15) is 0 Å². The Bertz CT molecular complexity index is 740. The molecule has 154 valence electrons. The van der Waals surface area contributed by atoms with Gasteiger partial charge in [0.05, 0.1) is 17.2 Å². The van der Waals surface area contributed by atoms with Crippen LogP contribution in [0.2, 0.25) is 5.02 Å². The SMILES string of the molecule is CCOc1cc(CNCCCOC(C)C)cc(Br)c1OCc1ccccc1Cl. The van der Waals surface area contributed by atoms with Crippen LogP contribution in [0, 0.1) is 0 Å². The van der Waals surface area contributed by atoms with Crippen LogP contribution in [0.3, 0.4) is 0 Å². The molecule has 0 unspecified atom stereocenters. The quantitative estimate of drug-likeness (QED) is 0.387. The van der Waals surface area contributed by atoms with Crippen molar-refractivity contribution in [2.24, 2.45) is 0 Å². The van der Waals surface area contributed by atoms with Gasteiger partial charge in [-0.15, -0.1) is 0 Å². The topological polar surface area (TPSA) is 39.7 Å². The molecular formula is C22H29BrClNO3. The van der Waals surface area contributed by atoms with Crippen molar-refractivity contribution in [2.45, 2.75) is 46.4 Å². The van der Waals surface area contributed by atoms with E-state index in [1.807, 2.05) is 37.3 Å². The summed E-state index contributed by atoms with van der Waals surface area (Å²) < 4.78 is 18.3. The number of ether oxygens (including phenoxy) is 3. The second-order valence-corrected chi connectivity index (χ2v) is 7.93. The lowest BCUT2D eigenvalue weighted by atomic mass is 10.2. The second-order valence-electron chi connectivity index (χ2n) is 6.67. The first kappa shape index (κ1) is 23.0. The van der Waals surface area contributed by atoms with Crippen molar-refractivity contribution >= 4 is 27.5 Å². The Morgan fingerprint density at radius 3 is 2.64 bits per heavy atom. The molecule has 4 nitrogen and oxygen atoms in total. The van der Waals surface area contributed by atoms with Gasteiger partial charge in [-0.1, -0.05) is 29.8 Å². The van der Waals surface area contributed by atoms with Gasteiger partial charge in [0, 0.05) is 23.7 Å². The molecular weight excluding hydrogens is 442 g/mol. The summed E-state index contributed by atoms with van der Waals surface area (Å²) in [6.45, 7) is 9.44. The summed E-state index contributed by atoms with van der Waals surface area (Å²) in [6.07, 6.45) is 1.26. The standard InChI is InChI=1S/C22H29BrClNO3/c1-4-26-21-13-17(14-25-10-7-11-27-16(2)3)12-19(23)22(21)28-15-18-8-5-6-9-20(18)24/h5-6,8-9,12-13,16,25H,4,7,10-11,14-15H2,1-3H3. The van der Waals surface area contributed by atoms with Crippen molar-refractivity contribution in [3.8, 4) is 11.5 Å². The highest BCUT2D eigenvalue weighted by Gasteiger charge is 2.13. The molecule has 0 bridgehead atoms. The average Bonchev–Trinajstić information content (AvgIpc) is 2.65. The molecule has 0 amide bonds. The van der Waals surface area contributed by atoms with Crippen LogP contribution in [0.1, 0.15) is 38.3 Å². The summed E-state index contributed by atoms with van der Waals surface area (Å²) in [5, 5.41) is 4.14. The molecule has 0 aliphatic heterocycles. The maximum Gasteiger partial charge on any atom is 0.175 e. The van der Waals surface area contributed by atoms with E-state index in [9.17, 15) is 0 Å². The molecule has 0 saturated carbocycles. The molecule has 0 radical (unpaired) electrons. The minimum atomic E-state index is 0.281. The van der Waals surface area contributed by atoms with Gasteiger partial charge in [0.1, 0.15) is 6.61 Å². The number of hydrogen-bond donors (Lipinski definition) is 1. The predicted octanol–water partition coefficient (Wildman–Crippen LogP) is 5.98. The lowest BCUT2D eigenvalue weighted by Crippen LogP contribution is -2.17. The van der Waals surface area contributed by atoms with E-state index < -0.39 is 0 Å². The van der Waals surface area contributed by atoms with Crippen molar-refractivity contribution in [1.82, 2.24) is 5.32 Å². The number of benzene rings is 2. The second kappa shape index (κ2) is 12.3. The molecule has 1 N–H and O–H groups in total. The molecule has 2 aromatic rings. The Morgan fingerprint density at radius 2 is 1.93 bits per heavy atom. The number of nitrogens with one attached hydrogen (secondary N) is 1. The third-order valence-electron chi connectivity index (χ3n) is 3.98. The molecule has 0 heterocycles. The minimum Gasteiger partial charge on any atom is -0.490 e. The molecule has 0 spiro atoms. The van der Waals surface area contributed by atoms with Crippen LogP contribution in [0.25, 0.3) is 0 Å². The van der Waals surface area contributed by atoms with E-state index >= 15 is 0 Å². The summed E-state index contributed by atoms with van der Waals surface area (Å²) >= 11 is 9.85. The molecule has 0 aliphatic rings. The Balaban J connectivity index is 1.97. The van der Waals surface area contributed by atoms with E-state index in [1.54, 1.807) is 0 Å². The largest absolute Gasteiger partial charge is 0.490 e. The molecule has 28 heavy (non-hydrogen) atoms. The van der Waals surface area contributed by atoms with Crippen LogP contribution >= 0.6 is 27.5 Å². The Hall–Kier alpha value is -1.27. The summed E-state index contributed by atoms with van der Waals surface area (Å²) in [5.41, 5.74) is 2.07. The Kier molecular flexibility index (Phi) is 10.1. The zero-order chi connectivity index (χ0) is 20.4. The van der Waals surface area contributed by atoms with Gasteiger partial charge >= 0.3 is 0 Å². The smallest absolute Gasteiger partial charge is 0.175 e. The molecule has 0 fully saturated rings. The van der Waals surface area contributed by atoms with Crippen molar-refractivity contribution < 1.29 is 14.2 Å². The first-order chi connectivity index (χ1) is 13.5. The Labute approximate surface area is 181 Å². The maximum atomic E-state index is 6.23.